The molecule has 0 bridgehead atoms. The molecule has 2 heterocycles. The average molecular weight is 339 g/mol. The van der Waals surface area contributed by atoms with E-state index in [0.29, 0.717) is 20.7 Å². The molecule has 1 aromatic carbocycles. The van der Waals surface area contributed by atoms with E-state index in [4.69, 9.17) is 34.4 Å². The highest BCUT2D eigenvalue weighted by Gasteiger charge is 2.31. The van der Waals surface area contributed by atoms with Crippen LogP contribution >= 0.6 is 35.6 Å². The lowest BCUT2D eigenvalue weighted by molar-refractivity contribution is -0.122. The number of hydrogen-bond acceptors (Lipinski definition) is 5. The number of halogens is 1. The second kappa shape index (κ2) is 5.81. The fourth-order valence-corrected chi connectivity index (χ4v) is 3.44. The molecule has 7 heteroatoms. The van der Waals surface area contributed by atoms with Crippen LogP contribution in [0, 0.1) is 0 Å². The Hall–Kier alpha value is -1.34. The smallest absolute Gasteiger partial charge is 0.280 e. The summed E-state index contributed by atoms with van der Waals surface area (Å²) in [6.07, 6.45) is 4.19. The van der Waals surface area contributed by atoms with Crippen molar-refractivity contribution >= 4 is 51.6 Å². The van der Waals surface area contributed by atoms with Crippen LogP contribution in [-0.4, -0.2) is 21.3 Å². The number of carbonyl (C=O) groups is 1. The molecule has 21 heavy (non-hydrogen) atoms. The monoisotopic (exact) mass is 338 g/mol. The fourth-order valence-electron chi connectivity index (χ4n) is 2.08. The van der Waals surface area contributed by atoms with E-state index in [1.807, 2.05) is 30.3 Å². The van der Waals surface area contributed by atoms with Crippen molar-refractivity contribution in [3.05, 3.63) is 51.9 Å². The van der Waals surface area contributed by atoms with Gasteiger partial charge >= 0.3 is 0 Å². The first-order valence-corrected chi connectivity index (χ1v) is 7.81. The molecule has 1 amide bonds. The molecule has 2 N–H and O–H groups in total. The number of thioether (sulfide) groups is 1. The summed E-state index contributed by atoms with van der Waals surface area (Å²) in [7, 11) is 0. The van der Waals surface area contributed by atoms with Crippen molar-refractivity contribution in [1.29, 1.82) is 0 Å². The predicted molar refractivity (Wildman–Crippen MR) is 88.2 cm³/mol. The van der Waals surface area contributed by atoms with Crippen LogP contribution in [-0.2, 0) is 9.53 Å². The third kappa shape index (κ3) is 2.85. The number of nitrogens with zero attached hydrogens (tertiary/aromatic N) is 1. The lowest BCUT2D eigenvalue weighted by Crippen LogP contribution is -2.34. The number of hydrazine groups is 1. The highest BCUT2D eigenvalue weighted by Crippen LogP contribution is 2.34. The molecule has 0 radical (unpaired) electrons. The molecule has 1 unspecified atom stereocenters. The molecule has 0 aliphatic carbocycles. The molecule has 4 nitrogen and oxygen atoms in total. The van der Waals surface area contributed by atoms with Crippen LogP contribution in [0.15, 0.2) is 41.3 Å². The van der Waals surface area contributed by atoms with Crippen molar-refractivity contribution in [3.8, 4) is 0 Å². The van der Waals surface area contributed by atoms with Gasteiger partial charge in [-0.2, -0.15) is 0 Å². The Bertz CT molecular complexity index is 687. The van der Waals surface area contributed by atoms with Gasteiger partial charge in [0.25, 0.3) is 5.91 Å². The number of nitrogens with two attached hydrogens (primary N) is 1. The quantitative estimate of drug-likeness (QED) is 0.389. The minimum atomic E-state index is -0.292. The lowest BCUT2D eigenvalue weighted by Gasteiger charge is -2.11. The molecule has 1 fully saturated rings. The largest absolute Gasteiger partial charge is 0.486 e. The van der Waals surface area contributed by atoms with Crippen molar-refractivity contribution in [3.63, 3.8) is 0 Å². The van der Waals surface area contributed by atoms with Gasteiger partial charge in [0.2, 0.25) is 0 Å². The number of hydrogen-bond donors (Lipinski definition) is 1. The van der Waals surface area contributed by atoms with Crippen molar-refractivity contribution in [2.75, 3.05) is 0 Å². The van der Waals surface area contributed by atoms with Gasteiger partial charge in [-0.25, -0.2) is 10.9 Å². The standard InChI is InChI=1S/C14H11ClN2O2S2/c15-10-4-2-1-3-9(10)11-6-5-8(19-11)7-12-13(18)17(16)14(20)21-12/h1-4,6-8H,5,16H2/b12-7-. The molecular weight excluding hydrogens is 328 g/mol. The summed E-state index contributed by atoms with van der Waals surface area (Å²) in [6.45, 7) is 0. The number of rotatable bonds is 2. The van der Waals surface area contributed by atoms with Crippen LogP contribution in [0.4, 0.5) is 0 Å². The normalized spacial score (nSPS) is 23.7. The average Bonchev–Trinajstić information content (AvgIpc) is 3.01. The summed E-state index contributed by atoms with van der Waals surface area (Å²) in [4.78, 5) is 12.3. The summed E-state index contributed by atoms with van der Waals surface area (Å²) >= 11 is 12.3. The van der Waals surface area contributed by atoms with E-state index < -0.39 is 0 Å². The van der Waals surface area contributed by atoms with Gasteiger partial charge in [0.05, 0.1) is 9.93 Å². The van der Waals surface area contributed by atoms with E-state index in [-0.39, 0.29) is 12.0 Å². The molecule has 108 valence electrons. The zero-order valence-electron chi connectivity index (χ0n) is 10.8. The Morgan fingerprint density at radius 1 is 1.48 bits per heavy atom. The van der Waals surface area contributed by atoms with E-state index in [1.165, 1.54) is 11.8 Å². The third-order valence-corrected chi connectivity index (χ3v) is 4.79. The van der Waals surface area contributed by atoms with Crippen LogP contribution in [0.1, 0.15) is 12.0 Å². The van der Waals surface area contributed by atoms with E-state index in [0.717, 1.165) is 16.3 Å². The van der Waals surface area contributed by atoms with Gasteiger partial charge in [-0.05, 0) is 24.3 Å². The van der Waals surface area contributed by atoms with Gasteiger partial charge in [-0.3, -0.25) is 4.79 Å². The molecule has 2 aliphatic rings. The maximum atomic E-state index is 11.8. The second-order valence-corrected chi connectivity index (χ2v) is 6.60. The summed E-state index contributed by atoms with van der Waals surface area (Å²) in [5.74, 6) is 5.97. The highest BCUT2D eigenvalue weighted by molar-refractivity contribution is 8.26. The number of benzene rings is 1. The van der Waals surface area contributed by atoms with Crippen LogP contribution in [0.2, 0.25) is 5.02 Å². The van der Waals surface area contributed by atoms with Crippen LogP contribution < -0.4 is 5.84 Å². The fraction of sp³-hybridized carbons (Fsp3) is 0.143. The van der Waals surface area contributed by atoms with Gasteiger partial charge in [0, 0.05) is 12.0 Å². The van der Waals surface area contributed by atoms with Crippen molar-refractivity contribution in [1.82, 2.24) is 5.01 Å². The van der Waals surface area contributed by atoms with E-state index in [9.17, 15) is 4.79 Å². The first-order valence-electron chi connectivity index (χ1n) is 6.21. The van der Waals surface area contributed by atoms with Crippen molar-refractivity contribution < 1.29 is 9.53 Å². The summed E-state index contributed by atoms with van der Waals surface area (Å²) in [5, 5.41) is 1.61. The third-order valence-electron chi connectivity index (χ3n) is 3.11. The van der Waals surface area contributed by atoms with Crippen LogP contribution in [0.5, 0.6) is 0 Å². The summed E-state index contributed by atoms with van der Waals surface area (Å²) < 4.78 is 6.19. The molecule has 1 atom stereocenters. The van der Waals surface area contributed by atoms with E-state index in [2.05, 4.69) is 0 Å². The molecule has 1 aromatic rings. The topological polar surface area (TPSA) is 55.6 Å². The van der Waals surface area contributed by atoms with Gasteiger partial charge in [0.1, 0.15) is 11.9 Å². The molecule has 2 aliphatic heterocycles. The predicted octanol–water partition coefficient (Wildman–Crippen LogP) is 3.09. The number of carbonyl (C=O) groups excluding carboxylic acids is 1. The minimum Gasteiger partial charge on any atom is -0.486 e. The van der Waals surface area contributed by atoms with Gasteiger partial charge in [-0.1, -0.05) is 47.7 Å². The summed E-state index contributed by atoms with van der Waals surface area (Å²) in [6, 6.07) is 7.48. The first kappa shape index (κ1) is 14.6. The first-order chi connectivity index (χ1) is 10.1. The van der Waals surface area contributed by atoms with E-state index >= 15 is 0 Å². The van der Waals surface area contributed by atoms with Gasteiger partial charge in [0.15, 0.2) is 4.32 Å². The Kier molecular flexibility index (Phi) is 4.03. The number of amides is 1. The molecule has 3 rings (SSSR count). The van der Waals surface area contributed by atoms with Crippen molar-refractivity contribution in [2.45, 2.75) is 12.5 Å². The minimum absolute atomic E-state index is 0.211. The molecule has 1 saturated heterocycles. The van der Waals surface area contributed by atoms with E-state index in [1.54, 1.807) is 6.08 Å². The molecule has 0 saturated carbocycles. The van der Waals surface area contributed by atoms with Crippen LogP contribution in [0.25, 0.3) is 5.76 Å². The lowest BCUT2D eigenvalue weighted by atomic mass is 10.2. The number of thiocarbonyl (C=S) groups is 1. The Labute approximate surface area is 136 Å². The van der Waals surface area contributed by atoms with Crippen molar-refractivity contribution in [2.24, 2.45) is 5.84 Å². The molecule has 0 spiro atoms. The summed E-state index contributed by atoms with van der Waals surface area (Å²) in [5.41, 5.74) is 0.849. The Balaban J connectivity index is 1.74. The second-order valence-electron chi connectivity index (χ2n) is 4.51. The zero-order valence-corrected chi connectivity index (χ0v) is 13.2. The van der Waals surface area contributed by atoms with Crippen LogP contribution in [0.3, 0.4) is 0 Å². The maximum Gasteiger partial charge on any atom is 0.280 e. The molecule has 0 aromatic heterocycles. The SMILES string of the molecule is NN1C(=O)/C(=C/C2CC=C(c3ccccc3Cl)O2)SC1=S. The van der Waals surface area contributed by atoms with Gasteiger partial charge < -0.3 is 4.74 Å². The maximum absolute atomic E-state index is 11.8. The highest BCUT2D eigenvalue weighted by atomic mass is 35.5. The number of ether oxygens (including phenoxy) is 1. The van der Waals surface area contributed by atoms with Gasteiger partial charge in [-0.15, -0.1) is 0 Å². The Morgan fingerprint density at radius 3 is 2.90 bits per heavy atom. The molecular formula is C14H11ClN2O2S2. The Morgan fingerprint density at radius 2 is 2.24 bits per heavy atom. The zero-order chi connectivity index (χ0) is 15.0.